The molecular weight excluding hydrogens is 355 g/mol. The van der Waals surface area contributed by atoms with Gasteiger partial charge in [0.1, 0.15) is 6.04 Å². The zero-order valence-corrected chi connectivity index (χ0v) is 12.7. The Morgan fingerprint density at radius 1 is 1.38 bits per heavy atom. The number of alkyl halides is 3. The molecular formula is C13H11ClF3N3O4. The summed E-state index contributed by atoms with van der Waals surface area (Å²) in [6.07, 6.45) is -4.78. The summed E-state index contributed by atoms with van der Waals surface area (Å²) in [7, 11) is 0. The van der Waals surface area contributed by atoms with Crippen LogP contribution in [0.3, 0.4) is 0 Å². The van der Waals surface area contributed by atoms with Crippen molar-refractivity contribution in [2.45, 2.75) is 25.1 Å². The van der Waals surface area contributed by atoms with Crippen molar-refractivity contribution in [2.75, 3.05) is 11.9 Å². The van der Waals surface area contributed by atoms with Crippen LogP contribution < -0.4 is 5.32 Å². The van der Waals surface area contributed by atoms with E-state index >= 15 is 0 Å². The van der Waals surface area contributed by atoms with Crippen LogP contribution in [-0.4, -0.2) is 40.4 Å². The van der Waals surface area contributed by atoms with E-state index in [0.717, 1.165) is 12.1 Å². The molecule has 1 aliphatic rings. The van der Waals surface area contributed by atoms with Gasteiger partial charge < -0.3 is 10.2 Å². The van der Waals surface area contributed by atoms with Crippen molar-refractivity contribution >= 4 is 34.8 Å². The summed E-state index contributed by atoms with van der Waals surface area (Å²) < 4.78 is 37.7. The molecule has 1 aromatic carbocycles. The Balaban J connectivity index is 2.19. The summed E-state index contributed by atoms with van der Waals surface area (Å²) in [5.41, 5.74) is -0.452. The summed E-state index contributed by atoms with van der Waals surface area (Å²) >= 11 is 5.83. The normalized spacial score (nSPS) is 17.7. The number of nitrogens with zero attached hydrogens (tertiary/aromatic N) is 2. The summed E-state index contributed by atoms with van der Waals surface area (Å²) in [5.74, 6) is -2.97. The van der Waals surface area contributed by atoms with Crippen molar-refractivity contribution < 1.29 is 27.7 Å². The molecule has 11 heteroatoms. The number of non-ortho nitro benzene ring substituents is 1. The van der Waals surface area contributed by atoms with Crippen LogP contribution in [0, 0.1) is 10.1 Å². The average Bonchev–Trinajstić information content (AvgIpc) is 2.96. The minimum Gasteiger partial charge on any atom is -0.323 e. The van der Waals surface area contributed by atoms with Crippen LogP contribution in [0.2, 0.25) is 5.02 Å². The zero-order valence-electron chi connectivity index (χ0n) is 12.0. The van der Waals surface area contributed by atoms with Crippen LogP contribution in [0.1, 0.15) is 12.8 Å². The Morgan fingerprint density at radius 3 is 2.62 bits per heavy atom. The molecule has 130 valence electrons. The molecule has 1 aliphatic heterocycles. The number of amides is 2. The van der Waals surface area contributed by atoms with Gasteiger partial charge in [0, 0.05) is 18.7 Å². The molecule has 0 saturated carbocycles. The van der Waals surface area contributed by atoms with Gasteiger partial charge in [-0.2, -0.15) is 13.2 Å². The van der Waals surface area contributed by atoms with E-state index in [0.29, 0.717) is 4.90 Å². The van der Waals surface area contributed by atoms with Crippen molar-refractivity contribution in [2.24, 2.45) is 0 Å². The maximum atomic E-state index is 12.6. The number of carbonyl (C=O) groups excluding carboxylic acids is 2. The minimum absolute atomic E-state index is 0.0133. The first-order valence-corrected chi connectivity index (χ1v) is 7.11. The number of nitrogens with one attached hydrogen (secondary N) is 1. The highest BCUT2D eigenvalue weighted by molar-refractivity contribution is 6.33. The molecule has 2 amide bonds. The van der Waals surface area contributed by atoms with Crippen molar-refractivity contribution in [3.05, 3.63) is 33.3 Å². The molecule has 2 rings (SSSR count). The molecule has 0 radical (unpaired) electrons. The highest BCUT2D eigenvalue weighted by Crippen LogP contribution is 2.29. The molecule has 1 atom stereocenters. The molecule has 0 bridgehead atoms. The van der Waals surface area contributed by atoms with Crippen molar-refractivity contribution in [3.63, 3.8) is 0 Å². The SMILES string of the molecule is O=C(Nc1cc([N+](=O)[O-])ccc1Cl)C1CCCN1C(=O)C(F)(F)F. The molecule has 24 heavy (non-hydrogen) atoms. The van der Waals surface area contributed by atoms with Gasteiger partial charge in [-0.05, 0) is 18.9 Å². The molecule has 0 aromatic heterocycles. The predicted molar refractivity (Wildman–Crippen MR) is 77.5 cm³/mol. The topological polar surface area (TPSA) is 92.5 Å². The van der Waals surface area contributed by atoms with Gasteiger partial charge in [0.05, 0.1) is 15.6 Å². The molecule has 1 heterocycles. The largest absolute Gasteiger partial charge is 0.471 e. The smallest absolute Gasteiger partial charge is 0.323 e. The highest BCUT2D eigenvalue weighted by Gasteiger charge is 2.47. The number of likely N-dealkylation sites (tertiary alicyclic amines) is 1. The molecule has 1 unspecified atom stereocenters. The van der Waals surface area contributed by atoms with E-state index in [2.05, 4.69) is 5.32 Å². The van der Waals surface area contributed by atoms with Gasteiger partial charge in [-0.1, -0.05) is 11.6 Å². The lowest BCUT2D eigenvalue weighted by molar-refractivity contribution is -0.384. The number of benzene rings is 1. The number of rotatable bonds is 3. The van der Waals surface area contributed by atoms with Crippen molar-refractivity contribution in [1.29, 1.82) is 0 Å². The van der Waals surface area contributed by atoms with E-state index in [1.165, 1.54) is 6.07 Å². The summed E-state index contributed by atoms with van der Waals surface area (Å²) in [6.45, 7) is -0.195. The fraction of sp³-hybridized carbons (Fsp3) is 0.385. The first-order chi connectivity index (χ1) is 11.1. The highest BCUT2D eigenvalue weighted by atomic mass is 35.5. The van der Waals surface area contributed by atoms with Gasteiger partial charge >= 0.3 is 12.1 Å². The second-order valence-corrected chi connectivity index (χ2v) is 5.47. The third-order valence-electron chi connectivity index (χ3n) is 3.48. The summed E-state index contributed by atoms with van der Waals surface area (Å²) in [4.78, 5) is 34.0. The molecule has 7 nitrogen and oxygen atoms in total. The van der Waals surface area contributed by atoms with Crippen LogP contribution in [0.25, 0.3) is 0 Å². The van der Waals surface area contributed by atoms with Gasteiger partial charge in [0.2, 0.25) is 5.91 Å². The lowest BCUT2D eigenvalue weighted by Gasteiger charge is -2.24. The number of hydrogen-bond acceptors (Lipinski definition) is 4. The standard InChI is InChI=1S/C13H11ClF3N3O4/c14-8-4-3-7(20(23)24)6-9(8)18-11(21)10-2-1-5-19(10)12(22)13(15,16)17/h3-4,6,10H,1-2,5H2,(H,18,21). The Bertz CT molecular complexity index is 696. The predicted octanol–water partition coefficient (Wildman–Crippen LogP) is 2.74. The van der Waals surface area contributed by atoms with Gasteiger partial charge in [0.25, 0.3) is 5.69 Å². The van der Waals surface area contributed by atoms with Crippen LogP contribution in [-0.2, 0) is 9.59 Å². The number of carbonyl (C=O) groups is 2. The summed E-state index contributed by atoms with van der Waals surface area (Å²) in [5, 5.41) is 13.0. The first-order valence-electron chi connectivity index (χ1n) is 6.74. The Morgan fingerprint density at radius 2 is 2.04 bits per heavy atom. The second kappa shape index (κ2) is 6.63. The number of anilines is 1. The fourth-order valence-corrected chi connectivity index (χ4v) is 2.55. The molecule has 1 aromatic rings. The second-order valence-electron chi connectivity index (χ2n) is 5.06. The molecule has 1 saturated heterocycles. The maximum absolute atomic E-state index is 12.6. The number of nitro groups is 1. The molecule has 1 N–H and O–H groups in total. The average molecular weight is 366 g/mol. The maximum Gasteiger partial charge on any atom is 0.471 e. The van der Waals surface area contributed by atoms with E-state index in [4.69, 9.17) is 11.6 Å². The zero-order chi connectivity index (χ0) is 18.1. The summed E-state index contributed by atoms with van der Waals surface area (Å²) in [6, 6.07) is 1.98. The minimum atomic E-state index is -5.08. The van der Waals surface area contributed by atoms with E-state index in [-0.39, 0.29) is 35.8 Å². The third kappa shape index (κ3) is 3.75. The van der Waals surface area contributed by atoms with Crippen LogP contribution in [0.4, 0.5) is 24.5 Å². The van der Waals surface area contributed by atoms with Crippen molar-refractivity contribution in [3.8, 4) is 0 Å². The number of nitro benzene ring substituents is 1. The Labute approximate surface area is 138 Å². The van der Waals surface area contributed by atoms with Crippen molar-refractivity contribution in [1.82, 2.24) is 4.90 Å². The lowest BCUT2D eigenvalue weighted by atomic mass is 10.2. The first kappa shape index (κ1) is 18.0. The van der Waals surface area contributed by atoms with Gasteiger partial charge in [-0.3, -0.25) is 19.7 Å². The molecule has 1 fully saturated rings. The van der Waals surface area contributed by atoms with Gasteiger partial charge in [-0.25, -0.2) is 0 Å². The lowest BCUT2D eigenvalue weighted by Crippen LogP contribution is -2.48. The van der Waals surface area contributed by atoms with E-state index in [1.807, 2.05) is 0 Å². The molecule has 0 aliphatic carbocycles. The molecule has 0 spiro atoms. The van der Waals surface area contributed by atoms with E-state index in [9.17, 15) is 32.9 Å². The Kier molecular flexibility index (Phi) is 4.97. The monoisotopic (exact) mass is 365 g/mol. The van der Waals surface area contributed by atoms with Crippen LogP contribution >= 0.6 is 11.6 Å². The number of halogens is 4. The van der Waals surface area contributed by atoms with Gasteiger partial charge in [0.15, 0.2) is 0 Å². The van der Waals surface area contributed by atoms with Crippen LogP contribution in [0.5, 0.6) is 0 Å². The quantitative estimate of drug-likeness (QED) is 0.658. The van der Waals surface area contributed by atoms with Crippen LogP contribution in [0.15, 0.2) is 18.2 Å². The number of hydrogen-bond donors (Lipinski definition) is 1. The third-order valence-corrected chi connectivity index (χ3v) is 3.81. The van der Waals surface area contributed by atoms with Gasteiger partial charge in [-0.15, -0.1) is 0 Å². The Hall–Kier alpha value is -2.36. The van der Waals surface area contributed by atoms with E-state index in [1.54, 1.807) is 0 Å². The van der Waals surface area contributed by atoms with E-state index < -0.39 is 29.0 Å². The fourth-order valence-electron chi connectivity index (χ4n) is 2.38.